The number of quaternary nitrogens is 1. The second-order valence-electron chi connectivity index (χ2n) is 6.39. The predicted octanol–water partition coefficient (Wildman–Crippen LogP) is 1.96. The molecule has 3 rings (SSSR count). The Morgan fingerprint density at radius 2 is 1.67 bits per heavy atom. The first-order chi connectivity index (χ1) is 8.86. The number of rotatable bonds is 3. The third-order valence-corrected chi connectivity index (χ3v) is 4.91. The molecule has 2 saturated carbocycles. The van der Waals surface area contributed by atoms with Crippen LogP contribution in [0.5, 0.6) is 0 Å². The molecular formula is C15H28NO2+. The normalized spacial score (nSPS) is 33.0. The molecule has 0 bridgehead atoms. The van der Waals surface area contributed by atoms with E-state index in [2.05, 4.69) is 5.32 Å². The van der Waals surface area contributed by atoms with Crippen LogP contribution in [0.4, 0.5) is 0 Å². The maximum atomic E-state index is 6.23. The lowest BCUT2D eigenvalue weighted by atomic mass is 9.94. The van der Waals surface area contributed by atoms with Crippen molar-refractivity contribution in [2.75, 3.05) is 13.2 Å². The maximum Gasteiger partial charge on any atom is 0.169 e. The minimum absolute atomic E-state index is 0.177. The zero-order valence-electron chi connectivity index (χ0n) is 11.5. The van der Waals surface area contributed by atoms with Gasteiger partial charge >= 0.3 is 0 Å². The van der Waals surface area contributed by atoms with Crippen LogP contribution < -0.4 is 5.32 Å². The van der Waals surface area contributed by atoms with Crippen molar-refractivity contribution < 1.29 is 14.8 Å². The average Bonchev–Trinajstić information content (AvgIpc) is 2.82. The molecule has 1 heterocycles. The molecule has 0 radical (unpaired) electrons. The fourth-order valence-electron chi connectivity index (χ4n) is 3.80. The Kier molecular flexibility index (Phi) is 4.22. The van der Waals surface area contributed by atoms with Gasteiger partial charge in [-0.15, -0.1) is 0 Å². The highest BCUT2D eigenvalue weighted by Crippen LogP contribution is 2.37. The van der Waals surface area contributed by atoms with E-state index in [9.17, 15) is 0 Å². The fraction of sp³-hybridized carbons (Fsp3) is 1.00. The second kappa shape index (κ2) is 5.89. The van der Waals surface area contributed by atoms with Crippen LogP contribution in [0.1, 0.15) is 64.2 Å². The first kappa shape index (κ1) is 12.9. The first-order valence-corrected chi connectivity index (χ1v) is 8.01. The van der Waals surface area contributed by atoms with E-state index in [4.69, 9.17) is 9.47 Å². The summed E-state index contributed by atoms with van der Waals surface area (Å²) in [6, 6.07) is 0.852. The number of hydrogen-bond donors (Lipinski definition) is 1. The third-order valence-electron chi connectivity index (χ3n) is 4.91. The summed E-state index contributed by atoms with van der Waals surface area (Å²) in [5.74, 6) is -0.177. The standard InChI is InChI=1S/C15H27NO2/c1-3-7-13(8-4-1)16-11-14-12-17-15(18-14)9-5-2-6-10-15/h13-14,16H,1-12H2/p+1. The zero-order chi connectivity index (χ0) is 12.3. The van der Waals surface area contributed by atoms with Gasteiger partial charge in [-0.05, 0) is 38.5 Å². The van der Waals surface area contributed by atoms with E-state index < -0.39 is 0 Å². The summed E-state index contributed by atoms with van der Waals surface area (Å²) >= 11 is 0. The van der Waals surface area contributed by atoms with E-state index in [1.54, 1.807) is 0 Å². The SMILES string of the molecule is C1CCC([NH2+]CC2COC3(CCCCC3)O2)CC1. The Balaban J connectivity index is 1.41. The van der Waals surface area contributed by atoms with Gasteiger partial charge in [-0.25, -0.2) is 0 Å². The Morgan fingerprint density at radius 3 is 2.44 bits per heavy atom. The van der Waals surface area contributed by atoms with Gasteiger partial charge in [0.05, 0.1) is 12.6 Å². The van der Waals surface area contributed by atoms with Crippen molar-refractivity contribution in [1.82, 2.24) is 0 Å². The van der Waals surface area contributed by atoms with Crippen LogP contribution in [0, 0.1) is 0 Å². The Morgan fingerprint density at radius 1 is 0.944 bits per heavy atom. The molecule has 1 spiro atoms. The molecule has 3 fully saturated rings. The van der Waals surface area contributed by atoms with Crippen molar-refractivity contribution >= 4 is 0 Å². The van der Waals surface area contributed by atoms with Crippen LogP contribution in [-0.2, 0) is 9.47 Å². The van der Waals surface area contributed by atoms with E-state index in [0.717, 1.165) is 32.0 Å². The Hall–Kier alpha value is -0.120. The molecule has 3 aliphatic rings. The highest BCUT2D eigenvalue weighted by Gasteiger charge is 2.42. The molecule has 18 heavy (non-hydrogen) atoms. The van der Waals surface area contributed by atoms with Gasteiger partial charge in [0.15, 0.2) is 5.79 Å². The highest BCUT2D eigenvalue weighted by molar-refractivity contribution is 4.82. The lowest BCUT2D eigenvalue weighted by molar-refractivity contribution is -0.697. The van der Waals surface area contributed by atoms with Gasteiger partial charge in [-0.1, -0.05) is 12.8 Å². The smallest absolute Gasteiger partial charge is 0.169 e. The van der Waals surface area contributed by atoms with E-state index >= 15 is 0 Å². The molecule has 0 aromatic heterocycles. The van der Waals surface area contributed by atoms with Gasteiger partial charge in [0.2, 0.25) is 0 Å². The van der Waals surface area contributed by atoms with Gasteiger partial charge in [0.1, 0.15) is 12.6 Å². The van der Waals surface area contributed by atoms with E-state index in [0.29, 0.717) is 6.10 Å². The van der Waals surface area contributed by atoms with E-state index in [-0.39, 0.29) is 5.79 Å². The molecule has 2 aliphatic carbocycles. The van der Waals surface area contributed by atoms with Crippen LogP contribution in [0.15, 0.2) is 0 Å². The topological polar surface area (TPSA) is 35.1 Å². The summed E-state index contributed by atoms with van der Waals surface area (Å²) in [7, 11) is 0. The fourth-order valence-corrected chi connectivity index (χ4v) is 3.80. The summed E-state index contributed by atoms with van der Waals surface area (Å²) in [5, 5.41) is 2.52. The first-order valence-electron chi connectivity index (χ1n) is 8.01. The molecular weight excluding hydrogens is 226 g/mol. The van der Waals surface area contributed by atoms with Crippen LogP contribution in [-0.4, -0.2) is 31.1 Å². The van der Waals surface area contributed by atoms with Gasteiger partial charge in [0, 0.05) is 12.8 Å². The largest absolute Gasteiger partial charge is 0.347 e. The molecule has 104 valence electrons. The van der Waals surface area contributed by atoms with Gasteiger partial charge in [-0.3, -0.25) is 0 Å². The average molecular weight is 254 g/mol. The Labute approximate surface area is 111 Å². The lowest BCUT2D eigenvalue weighted by Crippen LogP contribution is -2.92. The van der Waals surface area contributed by atoms with Gasteiger partial charge < -0.3 is 14.8 Å². The lowest BCUT2D eigenvalue weighted by Gasteiger charge is -2.31. The van der Waals surface area contributed by atoms with Crippen LogP contribution in [0.3, 0.4) is 0 Å². The number of ether oxygens (including phenoxy) is 2. The van der Waals surface area contributed by atoms with Crippen LogP contribution in [0.25, 0.3) is 0 Å². The molecule has 3 heteroatoms. The molecule has 0 aromatic carbocycles. The molecule has 1 aliphatic heterocycles. The molecule has 2 N–H and O–H groups in total. The van der Waals surface area contributed by atoms with Crippen LogP contribution >= 0.6 is 0 Å². The van der Waals surface area contributed by atoms with E-state index in [1.165, 1.54) is 51.4 Å². The van der Waals surface area contributed by atoms with Crippen molar-refractivity contribution in [1.29, 1.82) is 0 Å². The summed E-state index contributed by atoms with van der Waals surface area (Å²) in [4.78, 5) is 0. The van der Waals surface area contributed by atoms with Crippen molar-refractivity contribution in [3.05, 3.63) is 0 Å². The molecule has 1 saturated heterocycles. The zero-order valence-corrected chi connectivity index (χ0v) is 11.5. The summed E-state index contributed by atoms with van der Waals surface area (Å²) < 4.78 is 12.2. The van der Waals surface area contributed by atoms with Crippen molar-refractivity contribution in [3.8, 4) is 0 Å². The predicted molar refractivity (Wildman–Crippen MR) is 70.3 cm³/mol. The van der Waals surface area contributed by atoms with Crippen LogP contribution in [0.2, 0.25) is 0 Å². The second-order valence-corrected chi connectivity index (χ2v) is 6.39. The van der Waals surface area contributed by atoms with Crippen molar-refractivity contribution in [2.45, 2.75) is 82.1 Å². The van der Waals surface area contributed by atoms with Crippen molar-refractivity contribution in [2.24, 2.45) is 0 Å². The monoisotopic (exact) mass is 254 g/mol. The van der Waals surface area contributed by atoms with E-state index in [1.807, 2.05) is 0 Å². The quantitative estimate of drug-likeness (QED) is 0.835. The third kappa shape index (κ3) is 3.06. The summed E-state index contributed by atoms with van der Waals surface area (Å²) in [6.45, 7) is 1.93. The molecule has 3 nitrogen and oxygen atoms in total. The molecule has 1 unspecified atom stereocenters. The summed E-state index contributed by atoms with van der Waals surface area (Å²) in [5.41, 5.74) is 0. The number of hydrogen-bond acceptors (Lipinski definition) is 2. The van der Waals surface area contributed by atoms with Crippen molar-refractivity contribution in [3.63, 3.8) is 0 Å². The minimum Gasteiger partial charge on any atom is -0.347 e. The Bertz CT molecular complexity index is 257. The highest BCUT2D eigenvalue weighted by atomic mass is 16.7. The maximum absolute atomic E-state index is 6.23. The number of nitrogens with two attached hydrogens (primary N) is 1. The molecule has 0 aromatic rings. The molecule has 0 amide bonds. The summed E-state index contributed by atoms with van der Waals surface area (Å²) in [6.07, 6.45) is 13.6. The van der Waals surface area contributed by atoms with Gasteiger partial charge in [0.25, 0.3) is 0 Å². The molecule has 1 atom stereocenters. The minimum atomic E-state index is -0.177. The van der Waals surface area contributed by atoms with Gasteiger partial charge in [-0.2, -0.15) is 0 Å².